The molecule has 10 aliphatic heterocycles. The molecule has 0 spiro atoms. The molecule has 0 aromatic heterocycles. The van der Waals surface area contributed by atoms with Gasteiger partial charge in [-0.05, 0) is 0 Å². The van der Waals surface area contributed by atoms with E-state index in [4.69, 9.17) is 90.0 Å². The Morgan fingerprint density at radius 2 is 0.462 bits per heavy atom. The topological polar surface area (TPSA) is 840 Å². The Balaban J connectivity index is 1.01. The van der Waals surface area contributed by atoms with Crippen LogP contribution in [-0.4, -0.2) is 538 Å². The van der Waals surface area contributed by atoms with Crippen molar-refractivity contribution in [1.82, 2.24) is 10.6 Å². The van der Waals surface area contributed by atoms with Crippen molar-refractivity contribution in [3.05, 3.63) is 0 Å². The minimum atomic E-state index is -2.64. The summed E-state index contributed by atoms with van der Waals surface area (Å²) in [5, 5.41) is 337. The van der Waals surface area contributed by atoms with Gasteiger partial charge in [-0.25, -0.2) is 0 Å². The molecular formula is C64H108N2O51. The van der Waals surface area contributed by atoms with Crippen LogP contribution in [0.4, 0.5) is 0 Å². The van der Waals surface area contributed by atoms with Gasteiger partial charge in [0.15, 0.2) is 62.9 Å². The van der Waals surface area contributed by atoms with E-state index in [-0.39, 0.29) is 0 Å². The summed E-state index contributed by atoms with van der Waals surface area (Å²) in [6.07, 6.45) is -104. The van der Waals surface area contributed by atoms with Gasteiger partial charge in [0.25, 0.3) is 0 Å². The van der Waals surface area contributed by atoms with E-state index >= 15 is 0 Å². The van der Waals surface area contributed by atoms with Gasteiger partial charge in [-0.15, -0.1) is 0 Å². The third-order valence-electron chi connectivity index (χ3n) is 21.7. The molecule has 0 unspecified atom stereocenters. The van der Waals surface area contributed by atoms with Crippen molar-refractivity contribution in [1.29, 1.82) is 0 Å². The Labute approximate surface area is 660 Å². The molecule has 53 nitrogen and oxygen atoms in total. The van der Waals surface area contributed by atoms with Crippen molar-refractivity contribution in [3.8, 4) is 0 Å². The van der Waals surface area contributed by atoms with Crippen LogP contribution >= 0.6 is 0 Å². The molecule has 0 bridgehead atoms. The first-order valence-corrected chi connectivity index (χ1v) is 37.2. The molecule has 10 fully saturated rings. The molecule has 32 N–H and O–H groups in total. The summed E-state index contributed by atoms with van der Waals surface area (Å²) in [7, 11) is 0. The Morgan fingerprint density at radius 1 is 0.222 bits per heavy atom. The van der Waals surface area contributed by atoms with Crippen LogP contribution in [0.25, 0.3) is 0 Å². The number of hydrogen-bond acceptors (Lipinski definition) is 51. The van der Waals surface area contributed by atoms with Crippen LogP contribution in [0.15, 0.2) is 0 Å². The van der Waals surface area contributed by atoms with Gasteiger partial charge in [0.1, 0.15) is 244 Å². The number of hydrogen-bond donors (Lipinski definition) is 32. The SMILES string of the molecule is CC(=O)N[C@@H]1[C@@H](O)[C@H](O[C@@H]2O[C@H](CO)[C@@H](O[C@@H]3O[C@H](CO[C@H]4O[C@H](CO[C@H]5O[C@H](CO)[C@@H](O)[C@H](O)[C@@H]5O)[C@@H](O)[C@H](O[C@H]5O[C@H](CO)[C@@H](O)[C@H](O)[C@@H]5O[C@H]5O[C@H](CO)[C@@H](O)[C@H](O)[C@@H]5O)[C@@H]4O)[C@@H](O)[C@H](O[C@H]4O[C@H](CO)[C@@H](O)[C@H](O)[C@@H]4O[C@H]4O[C@H](CO)[C@@H](O)[C@H](O)[C@@H]4O[C@H]4O[C@H](CO)[C@@H](O)[C@H](O)[C@@H]4O)[C@@H]3O)[C@H](O)[C@H]2NC(C)=O)[C@@H](CO)O[C@@H]1O. The molecular weight excluding hydrogens is 1610 g/mol. The molecule has 10 aliphatic rings. The number of aliphatic hydroxyl groups is 30. The number of nitrogens with one attached hydrogen (secondary N) is 2. The van der Waals surface area contributed by atoms with Crippen LogP contribution in [-0.2, 0) is 99.6 Å². The van der Waals surface area contributed by atoms with Crippen molar-refractivity contribution >= 4 is 11.8 Å². The van der Waals surface area contributed by atoms with E-state index in [0.717, 1.165) is 13.8 Å². The second-order valence-electron chi connectivity index (χ2n) is 29.5. The minimum Gasteiger partial charge on any atom is -0.394 e. The number of carbonyl (C=O) groups is 2. The number of carbonyl (C=O) groups excluding carboxylic acids is 2. The second-order valence-corrected chi connectivity index (χ2v) is 29.5. The monoisotopic (exact) mass is 1720 g/mol. The number of ether oxygens (including phenoxy) is 19. The number of aliphatic hydroxyl groups excluding tert-OH is 30. The van der Waals surface area contributed by atoms with Gasteiger partial charge in [-0.1, -0.05) is 0 Å². The summed E-state index contributed by atoms with van der Waals surface area (Å²) in [6.45, 7) is -9.30. The summed E-state index contributed by atoms with van der Waals surface area (Å²) >= 11 is 0. The van der Waals surface area contributed by atoms with Crippen LogP contribution in [0.1, 0.15) is 13.8 Å². The Morgan fingerprint density at radius 3 is 0.829 bits per heavy atom. The van der Waals surface area contributed by atoms with Gasteiger partial charge < -0.3 is 254 Å². The first-order valence-electron chi connectivity index (χ1n) is 37.2. The zero-order chi connectivity index (χ0) is 85.9. The highest BCUT2D eigenvalue weighted by Gasteiger charge is 2.62. The Hall–Kier alpha value is -3.02. The van der Waals surface area contributed by atoms with E-state index in [1.165, 1.54) is 0 Å². The summed E-state index contributed by atoms with van der Waals surface area (Å²) in [5.74, 6) is -1.78. The number of amides is 2. The normalized spacial score (nSPS) is 51.5. The van der Waals surface area contributed by atoms with Gasteiger partial charge in [0.2, 0.25) is 11.8 Å². The van der Waals surface area contributed by atoms with Crippen molar-refractivity contribution < 1.29 is 253 Å². The van der Waals surface area contributed by atoms with Gasteiger partial charge >= 0.3 is 0 Å². The molecule has 0 radical (unpaired) electrons. The predicted molar refractivity (Wildman–Crippen MR) is 353 cm³/mol. The zero-order valence-corrected chi connectivity index (χ0v) is 61.9. The zero-order valence-electron chi connectivity index (χ0n) is 61.9. The molecule has 0 aromatic carbocycles. The van der Waals surface area contributed by atoms with Gasteiger partial charge in [0, 0.05) is 13.8 Å². The summed E-state index contributed by atoms with van der Waals surface area (Å²) in [4.78, 5) is 25.2. The lowest BCUT2D eigenvalue weighted by atomic mass is 9.94. The standard InChI is InChI=1S/C64H108N2O51/c1-13(75)65-25-35(85)48(21(9-73)101-55(25)98)111-56-26(66-14(2)76)36(86)49(22(10-74)108-56)112-61-47(97)51(114-63-54(42(92)32(82)19(7-71)106-63)117-64-53(41(91)31(81)20(8-72)107-64)116-60-45(95)39(89)29(79)17(5-69)104-60)34(84)24(110-61)12-100-58-46(96)50(33(83)23(109-58)11-99-57-43(93)37(87)27(77)15(3-67)102-57)113-62-52(40(90)30(80)18(6-70)105-62)115-59-44(94)38(88)28(78)16(4-68)103-59/h15-64,67-74,77-98H,3-12H2,1-2H3,(H,65,75)(H,66,76)/t15-,16-,17-,18-,19-,20-,21-,22-,23-,24-,25-,26-,27-,28-,29-,30-,31-,32-,33-,34-,35-,36-,37+,38+,39+,40+,41+,42+,43+,44+,45+,46+,47+,48-,49-,50+,51+,52+,53+,54+,55+,56+,57+,58+,59-,60-,61+,62-,63-,64-/m1/s1. The first kappa shape index (κ1) is 96.2. The summed E-state index contributed by atoms with van der Waals surface area (Å²) in [5.41, 5.74) is 0. The maximum atomic E-state index is 13.0. The van der Waals surface area contributed by atoms with Crippen molar-refractivity contribution in [2.45, 2.75) is 321 Å². The van der Waals surface area contributed by atoms with E-state index in [0.29, 0.717) is 0 Å². The van der Waals surface area contributed by atoms with Crippen molar-refractivity contribution in [2.24, 2.45) is 0 Å². The van der Waals surface area contributed by atoms with E-state index in [1.54, 1.807) is 0 Å². The van der Waals surface area contributed by atoms with Crippen LogP contribution in [0.5, 0.6) is 0 Å². The Bertz CT molecular complexity index is 3050. The molecule has 0 aliphatic carbocycles. The average molecular weight is 1720 g/mol. The van der Waals surface area contributed by atoms with E-state index in [9.17, 15) is 163 Å². The molecule has 0 saturated carbocycles. The van der Waals surface area contributed by atoms with E-state index in [2.05, 4.69) is 10.6 Å². The molecule has 680 valence electrons. The van der Waals surface area contributed by atoms with Crippen LogP contribution in [0.2, 0.25) is 0 Å². The molecule has 2 amide bonds. The van der Waals surface area contributed by atoms with Gasteiger partial charge in [0.05, 0.1) is 66.1 Å². The van der Waals surface area contributed by atoms with Crippen LogP contribution in [0, 0.1) is 0 Å². The third-order valence-corrected chi connectivity index (χ3v) is 21.7. The molecule has 0 aromatic rings. The molecule has 50 atom stereocenters. The molecule has 10 heterocycles. The summed E-state index contributed by atoms with van der Waals surface area (Å²) in [6, 6.07) is -3.64. The summed E-state index contributed by atoms with van der Waals surface area (Å²) < 4.78 is 111. The van der Waals surface area contributed by atoms with E-state index in [1.807, 2.05) is 0 Å². The van der Waals surface area contributed by atoms with Crippen molar-refractivity contribution in [2.75, 3.05) is 66.1 Å². The molecule has 53 heteroatoms. The van der Waals surface area contributed by atoms with E-state index < -0.39 is 385 Å². The largest absolute Gasteiger partial charge is 0.394 e. The second kappa shape index (κ2) is 41.9. The lowest BCUT2D eigenvalue weighted by Gasteiger charge is -2.51. The smallest absolute Gasteiger partial charge is 0.217 e. The molecule has 117 heavy (non-hydrogen) atoms. The van der Waals surface area contributed by atoms with Gasteiger partial charge in [-0.3, -0.25) is 9.59 Å². The lowest BCUT2D eigenvalue weighted by molar-refractivity contribution is -0.408. The fraction of sp³-hybridized carbons (Fsp3) is 0.969. The van der Waals surface area contributed by atoms with Crippen molar-refractivity contribution in [3.63, 3.8) is 0 Å². The maximum Gasteiger partial charge on any atom is 0.217 e. The van der Waals surface area contributed by atoms with Gasteiger partial charge in [-0.2, -0.15) is 0 Å². The third kappa shape index (κ3) is 20.7. The van der Waals surface area contributed by atoms with Crippen LogP contribution < -0.4 is 10.6 Å². The lowest BCUT2D eigenvalue weighted by Crippen LogP contribution is -2.70. The first-order chi connectivity index (χ1) is 55.4. The number of rotatable bonds is 30. The average Bonchev–Trinajstić information content (AvgIpc) is 0.779. The quantitative estimate of drug-likeness (QED) is 0.0318. The highest BCUT2D eigenvalue weighted by molar-refractivity contribution is 5.73. The highest BCUT2D eigenvalue weighted by atomic mass is 16.8. The fourth-order valence-electron chi connectivity index (χ4n) is 15.0. The highest BCUT2D eigenvalue weighted by Crippen LogP contribution is 2.41. The maximum absolute atomic E-state index is 13.0. The molecule has 10 rings (SSSR count). The Kier molecular flexibility index (Phi) is 34.4. The van der Waals surface area contributed by atoms with Crippen LogP contribution in [0.3, 0.4) is 0 Å². The predicted octanol–water partition coefficient (Wildman–Crippen LogP) is -22.5. The molecule has 10 saturated heterocycles. The minimum absolute atomic E-state index is 0.806. The fourth-order valence-corrected chi connectivity index (χ4v) is 15.0.